The molecule has 0 radical (unpaired) electrons. The van der Waals surface area contributed by atoms with Gasteiger partial charge in [-0.25, -0.2) is 9.78 Å². The summed E-state index contributed by atoms with van der Waals surface area (Å²) >= 11 is 1.36. The SMILES string of the molecule is CCNC(=O)Nc1nc2c(C#N)cc(C)cc2s1. The second kappa shape index (κ2) is 5.02. The first-order chi connectivity index (χ1) is 8.63. The van der Waals surface area contributed by atoms with E-state index in [4.69, 9.17) is 5.26 Å². The number of hydrogen-bond acceptors (Lipinski definition) is 4. The van der Waals surface area contributed by atoms with Crippen molar-refractivity contribution in [2.24, 2.45) is 0 Å². The number of hydrogen-bond donors (Lipinski definition) is 2. The molecule has 1 heterocycles. The van der Waals surface area contributed by atoms with Gasteiger partial charge in [-0.05, 0) is 31.5 Å². The Labute approximate surface area is 108 Å². The van der Waals surface area contributed by atoms with Crippen LogP contribution in [0.15, 0.2) is 12.1 Å². The van der Waals surface area contributed by atoms with Gasteiger partial charge in [0.2, 0.25) is 0 Å². The molecule has 0 fully saturated rings. The minimum Gasteiger partial charge on any atom is -0.338 e. The van der Waals surface area contributed by atoms with Crippen molar-refractivity contribution in [3.05, 3.63) is 23.3 Å². The minimum absolute atomic E-state index is 0.285. The highest BCUT2D eigenvalue weighted by Gasteiger charge is 2.10. The van der Waals surface area contributed by atoms with Crippen molar-refractivity contribution in [2.45, 2.75) is 13.8 Å². The molecule has 0 atom stereocenters. The summed E-state index contributed by atoms with van der Waals surface area (Å²) in [6.45, 7) is 4.32. The van der Waals surface area contributed by atoms with Crippen LogP contribution in [0.3, 0.4) is 0 Å². The zero-order chi connectivity index (χ0) is 13.1. The fourth-order valence-electron chi connectivity index (χ4n) is 1.61. The molecular formula is C12H12N4OS. The van der Waals surface area contributed by atoms with E-state index < -0.39 is 0 Å². The smallest absolute Gasteiger partial charge is 0.321 e. The third kappa shape index (κ3) is 2.41. The van der Waals surface area contributed by atoms with Crippen LogP contribution in [0.2, 0.25) is 0 Å². The summed E-state index contributed by atoms with van der Waals surface area (Å²) in [5, 5.41) is 14.8. The van der Waals surface area contributed by atoms with E-state index in [9.17, 15) is 4.79 Å². The molecule has 2 amide bonds. The lowest BCUT2D eigenvalue weighted by Gasteiger charge is -2.00. The van der Waals surface area contributed by atoms with Crippen LogP contribution < -0.4 is 10.6 Å². The normalized spacial score (nSPS) is 10.1. The predicted molar refractivity (Wildman–Crippen MR) is 71.8 cm³/mol. The maximum atomic E-state index is 11.4. The third-order valence-electron chi connectivity index (χ3n) is 2.32. The lowest BCUT2D eigenvalue weighted by atomic mass is 10.1. The van der Waals surface area contributed by atoms with Crippen LogP contribution >= 0.6 is 11.3 Å². The first-order valence-corrected chi connectivity index (χ1v) is 6.32. The van der Waals surface area contributed by atoms with E-state index in [1.54, 1.807) is 6.07 Å². The van der Waals surface area contributed by atoms with Crippen LogP contribution in [0, 0.1) is 18.3 Å². The van der Waals surface area contributed by atoms with E-state index in [2.05, 4.69) is 21.7 Å². The summed E-state index contributed by atoms with van der Waals surface area (Å²) in [5.74, 6) is 0. The Morgan fingerprint density at radius 1 is 1.56 bits per heavy atom. The molecule has 0 aliphatic heterocycles. The van der Waals surface area contributed by atoms with Gasteiger partial charge in [-0.15, -0.1) is 0 Å². The van der Waals surface area contributed by atoms with E-state index in [0.717, 1.165) is 10.3 Å². The largest absolute Gasteiger partial charge is 0.338 e. The maximum absolute atomic E-state index is 11.4. The van der Waals surface area contributed by atoms with Crippen LogP contribution in [-0.4, -0.2) is 17.6 Å². The van der Waals surface area contributed by atoms with E-state index >= 15 is 0 Å². The van der Waals surface area contributed by atoms with Crippen molar-refractivity contribution in [1.29, 1.82) is 5.26 Å². The summed E-state index contributed by atoms with van der Waals surface area (Å²) in [4.78, 5) is 15.7. The number of amides is 2. The fraction of sp³-hybridized carbons (Fsp3) is 0.250. The number of nitrogens with zero attached hydrogens (tertiary/aromatic N) is 2. The molecular weight excluding hydrogens is 248 g/mol. The van der Waals surface area contributed by atoms with Crippen molar-refractivity contribution >= 4 is 32.7 Å². The van der Waals surface area contributed by atoms with Crippen LogP contribution in [0.5, 0.6) is 0 Å². The molecule has 0 spiro atoms. The molecule has 2 N–H and O–H groups in total. The number of anilines is 1. The van der Waals surface area contributed by atoms with Crippen LogP contribution in [0.4, 0.5) is 9.93 Å². The molecule has 0 saturated heterocycles. The van der Waals surface area contributed by atoms with Gasteiger partial charge in [0.25, 0.3) is 0 Å². The molecule has 92 valence electrons. The van der Waals surface area contributed by atoms with Crippen molar-refractivity contribution in [2.75, 3.05) is 11.9 Å². The van der Waals surface area contributed by atoms with Gasteiger partial charge >= 0.3 is 6.03 Å². The second-order valence-electron chi connectivity index (χ2n) is 3.77. The predicted octanol–water partition coefficient (Wildman–Crippen LogP) is 2.62. The lowest BCUT2D eigenvalue weighted by Crippen LogP contribution is -2.28. The van der Waals surface area contributed by atoms with Crippen LogP contribution in [0.25, 0.3) is 10.2 Å². The topological polar surface area (TPSA) is 77.8 Å². The number of nitriles is 1. The van der Waals surface area contributed by atoms with Crippen molar-refractivity contribution in [3.63, 3.8) is 0 Å². The molecule has 0 aliphatic rings. The number of carbonyl (C=O) groups is 1. The lowest BCUT2D eigenvalue weighted by molar-refractivity contribution is 0.252. The Morgan fingerprint density at radius 3 is 3.00 bits per heavy atom. The molecule has 1 aromatic carbocycles. The van der Waals surface area contributed by atoms with Crippen molar-refractivity contribution < 1.29 is 4.79 Å². The van der Waals surface area contributed by atoms with Crippen molar-refractivity contribution in [3.8, 4) is 6.07 Å². The molecule has 2 rings (SSSR count). The van der Waals surface area contributed by atoms with E-state index in [1.165, 1.54) is 11.3 Å². The third-order valence-corrected chi connectivity index (χ3v) is 3.24. The molecule has 0 aliphatic carbocycles. The van der Waals surface area contributed by atoms with Gasteiger partial charge in [0.1, 0.15) is 11.6 Å². The monoisotopic (exact) mass is 260 g/mol. The van der Waals surface area contributed by atoms with E-state index in [-0.39, 0.29) is 6.03 Å². The molecule has 0 saturated carbocycles. The highest BCUT2D eigenvalue weighted by molar-refractivity contribution is 7.22. The molecule has 2 aromatic rings. The number of carbonyl (C=O) groups excluding carboxylic acids is 1. The molecule has 1 aromatic heterocycles. The first-order valence-electron chi connectivity index (χ1n) is 5.50. The summed E-state index contributed by atoms with van der Waals surface area (Å²) in [7, 11) is 0. The quantitative estimate of drug-likeness (QED) is 0.871. The second-order valence-corrected chi connectivity index (χ2v) is 4.81. The van der Waals surface area contributed by atoms with Gasteiger partial charge in [0.15, 0.2) is 5.13 Å². The molecule has 18 heavy (non-hydrogen) atoms. The number of rotatable bonds is 2. The Morgan fingerprint density at radius 2 is 2.33 bits per heavy atom. The van der Waals surface area contributed by atoms with E-state index in [0.29, 0.717) is 22.8 Å². The number of nitrogens with one attached hydrogen (secondary N) is 2. The van der Waals surface area contributed by atoms with Gasteiger partial charge in [0.05, 0.1) is 10.3 Å². The number of benzene rings is 1. The van der Waals surface area contributed by atoms with Crippen LogP contribution in [0.1, 0.15) is 18.1 Å². The average molecular weight is 260 g/mol. The maximum Gasteiger partial charge on any atom is 0.321 e. The molecule has 0 unspecified atom stereocenters. The summed E-state index contributed by atoms with van der Waals surface area (Å²) in [5.41, 5.74) is 2.18. The number of aromatic nitrogens is 1. The van der Waals surface area contributed by atoms with Gasteiger partial charge in [-0.3, -0.25) is 5.32 Å². The van der Waals surface area contributed by atoms with Crippen molar-refractivity contribution in [1.82, 2.24) is 10.3 Å². The summed E-state index contributed by atoms with van der Waals surface area (Å²) in [6.07, 6.45) is 0. The van der Waals surface area contributed by atoms with E-state index in [1.807, 2.05) is 19.9 Å². The Bertz CT molecular complexity index is 641. The number of fused-ring (bicyclic) bond motifs is 1. The fourth-order valence-corrected chi connectivity index (χ4v) is 2.59. The first kappa shape index (κ1) is 12.3. The zero-order valence-electron chi connectivity index (χ0n) is 10.1. The summed E-state index contributed by atoms with van der Waals surface area (Å²) < 4.78 is 0.901. The van der Waals surface area contributed by atoms with Crippen LogP contribution in [-0.2, 0) is 0 Å². The number of urea groups is 1. The standard InChI is InChI=1S/C12H12N4OS/c1-3-14-11(17)16-12-15-10-8(6-13)4-7(2)5-9(10)18-12/h4-5H,3H2,1-2H3,(H2,14,15,16,17). The van der Waals surface area contributed by atoms with Gasteiger partial charge in [-0.1, -0.05) is 11.3 Å². The number of aryl methyl sites for hydroxylation is 1. The van der Waals surface area contributed by atoms with Gasteiger partial charge in [0, 0.05) is 6.54 Å². The minimum atomic E-state index is -0.285. The average Bonchev–Trinajstić information content (AvgIpc) is 2.70. The Balaban J connectivity index is 2.39. The highest BCUT2D eigenvalue weighted by atomic mass is 32.1. The molecule has 6 heteroatoms. The molecule has 5 nitrogen and oxygen atoms in total. The molecule has 0 bridgehead atoms. The number of thiazole rings is 1. The van der Waals surface area contributed by atoms with Gasteiger partial charge < -0.3 is 5.32 Å². The highest BCUT2D eigenvalue weighted by Crippen LogP contribution is 2.29. The zero-order valence-corrected chi connectivity index (χ0v) is 10.9. The Hall–Kier alpha value is -2.13. The Kier molecular flexibility index (Phi) is 3.44. The summed E-state index contributed by atoms with van der Waals surface area (Å²) in [6, 6.07) is 5.58. The van der Waals surface area contributed by atoms with Gasteiger partial charge in [-0.2, -0.15) is 5.26 Å².